The molecule has 0 aliphatic carbocycles. The Kier molecular flexibility index (Phi) is 6.02. The molecule has 3 nitrogen and oxygen atoms in total. The maximum atomic E-state index is 12.2. The lowest BCUT2D eigenvalue weighted by atomic mass is 9.98. The monoisotopic (exact) mass is 325 g/mol. The second-order valence-corrected chi connectivity index (χ2v) is 6.47. The second kappa shape index (κ2) is 8.00. The first-order chi connectivity index (χ1) is 11.4. The van der Waals surface area contributed by atoms with Crippen molar-refractivity contribution in [2.75, 3.05) is 11.9 Å². The van der Waals surface area contributed by atoms with E-state index in [1.54, 1.807) is 0 Å². The molecule has 24 heavy (non-hydrogen) atoms. The van der Waals surface area contributed by atoms with Crippen molar-refractivity contribution in [3.8, 4) is 5.75 Å². The minimum Gasteiger partial charge on any atom is -0.484 e. The van der Waals surface area contributed by atoms with Gasteiger partial charge in [-0.25, -0.2) is 0 Å². The van der Waals surface area contributed by atoms with E-state index in [4.69, 9.17) is 4.74 Å². The Bertz CT molecular complexity index is 720. The van der Waals surface area contributed by atoms with Crippen LogP contribution < -0.4 is 10.1 Å². The van der Waals surface area contributed by atoms with Gasteiger partial charge in [0.25, 0.3) is 5.91 Å². The molecule has 0 fully saturated rings. The first-order valence-electron chi connectivity index (χ1n) is 8.54. The fraction of sp³-hybridized carbons (Fsp3) is 0.381. The van der Waals surface area contributed by atoms with Crippen LogP contribution in [0.1, 0.15) is 48.9 Å². The molecule has 0 heterocycles. The minimum absolute atomic E-state index is 0.0119. The van der Waals surface area contributed by atoms with E-state index in [-0.39, 0.29) is 12.5 Å². The van der Waals surface area contributed by atoms with Gasteiger partial charge in [-0.05, 0) is 60.6 Å². The summed E-state index contributed by atoms with van der Waals surface area (Å²) in [7, 11) is 0. The summed E-state index contributed by atoms with van der Waals surface area (Å²) in [6.45, 7) is 10.5. The van der Waals surface area contributed by atoms with Crippen LogP contribution in [0.5, 0.6) is 5.75 Å². The van der Waals surface area contributed by atoms with Crippen LogP contribution in [0.4, 0.5) is 5.69 Å². The zero-order valence-corrected chi connectivity index (χ0v) is 15.3. The Morgan fingerprint density at radius 1 is 1.12 bits per heavy atom. The zero-order chi connectivity index (χ0) is 17.7. The molecule has 2 aromatic rings. The first kappa shape index (κ1) is 18.1. The number of benzene rings is 2. The summed E-state index contributed by atoms with van der Waals surface area (Å²) in [5, 5.41) is 2.98. The predicted octanol–water partition coefficient (Wildman–Crippen LogP) is 5.01. The molecule has 1 N–H and O–H groups in total. The van der Waals surface area contributed by atoms with Crippen molar-refractivity contribution >= 4 is 11.6 Å². The highest BCUT2D eigenvalue weighted by atomic mass is 16.5. The number of rotatable bonds is 6. The molecule has 0 spiro atoms. The summed E-state index contributed by atoms with van der Waals surface area (Å²) in [5.74, 6) is 1.08. The van der Waals surface area contributed by atoms with Crippen LogP contribution >= 0.6 is 0 Å². The molecule has 0 aliphatic rings. The number of hydrogen-bond acceptors (Lipinski definition) is 2. The van der Waals surface area contributed by atoms with Crippen LogP contribution in [0, 0.1) is 13.8 Å². The number of hydrogen-bond donors (Lipinski definition) is 1. The van der Waals surface area contributed by atoms with E-state index in [1.807, 2.05) is 37.3 Å². The van der Waals surface area contributed by atoms with Gasteiger partial charge in [0.15, 0.2) is 6.61 Å². The molecule has 128 valence electrons. The third-order valence-electron chi connectivity index (χ3n) is 4.24. The number of anilines is 1. The number of aryl methyl sites for hydroxylation is 3. The Morgan fingerprint density at radius 2 is 1.88 bits per heavy atom. The number of carbonyl (C=O) groups excluding carboxylic acids is 1. The summed E-state index contributed by atoms with van der Waals surface area (Å²) in [4.78, 5) is 12.2. The van der Waals surface area contributed by atoms with Crippen LogP contribution in [0.15, 0.2) is 36.4 Å². The molecule has 0 unspecified atom stereocenters. The number of nitrogens with one attached hydrogen (secondary N) is 1. The highest BCUT2D eigenvalue weighted by Crippen LogP contribution is 2.24. The van der Waals surface area contributed by atoms with Crippen molar-refractivity contribution in [2.45, 2.75) is 47.0 Å². The van der Waals surface area contributed by atoms with Crippen molar-refractivity contribution in [1.29, 1.82) is 0 Å². The van der Waals surface area contributed by atoms with Crippen molar-refractivity contribution < 1.29 is 9.53 Å². The molecule has 2 aromatic carbocycles. The highest BCUT2D eigenvalue weighted by molar-refractivity contribution is 5.93. The van der Waals surface area contributed by atoms with Gasteiger partial charge in [-0.1, -0.05) is 45.0 Å². The average molecular weight is 325 g/mol. The maximum absolute atomic E-state index is 12.2. The van der Waals surface area contributed by atoms with Crippen molar-refractivity contribution in [3.05, 3.63) is 58.7 Å². The highest BCUT2D eigenvalue weighted by Gasteiger charge is 2.10. The number of ether oxygens (including phenoxy) is 1. The second-order valence-electron chi connectivity index (χ2n) is 6.47. The van der Waals surface area contributed by atoms with Crippen LogP contribution in [0.2, 0.25) is 0 Å². The van der Waals surface area contributed by atoms with Crippen LogP contribution in [-0.2, 0) is 11.2 Å². The van der Waals surface area contributed by atoms with Gasteiger partial charge < -0.3 is 10.1 Å². The van der Waals surface area contributed by atoms with Crippen molar-refractivity contribution in [1.82, 2.24) is 0 Å². The Morgan fingerprint density at radius 3 is 2.50 bits per heavy atom. The summed E-state index contributed by atoms with van der Waals surface area (Å²) in [6, 6.07) is 12.1. The molecule has 3 heteroatoms. The number of para-hydroxylation sites is 1. The summed E-state index contributed by atoms with van der Waals surface area (Å²) < 4.78 is 5.66. The normalized spacial score (nSPS) is 10.8. The SMILES string of the molecule is CCc1cccc(C)c1NC(=O)COc1ccc(C(C)C)c(C)c1. The first-order valence-corrected chi connectivity index (χ1v) is 8.54. The van der Waals surface area contributed by atoms with Gasteiger partial charge in [0.1, 0.15) is 5.75 Å². The molecule has 2 rings (SSSR count). The lowest BCUT2D eigenvalue weighted by Gasteiger charge is -2.14. The van der Waals surface area contributed by atoms with Gasteiger partial charge in [-0.2, -0.15) is 0 Å². The zero-order valence-electron chi connectivity index (χ0n) is 15.3. The predicted molar refractivity (Wildman–Crippen MR) is 99.9 cm³/mol. The van der Waals surface area contributed by atoms with Crippen molar-refractivity contribution in [2.24, 2.45) is 0 Å². The summed E-state index contributed by atoms with van der Waals surface area (Å²) in [6.07, 6.45) is 0.883. The Labute approximate surface area is 145 Å². The Hall–Kier alpha value is -2.29. The van der Waals surface area contributed by atoms with Gasteiger partial charge in [0, 0.05) is 5.69 Å². The topological polar surface area (TPSA) is 38.3 Å². The molecule has 1 amide bonds. The van der Waals surface area contributed by atoms with E-state index >= 15 is 0 Å². The van der Waals surface area contributed by atoms with E-state index in [2.05, 4.69) is 39.1 Å². The molecule has 0 atom stereocenters. The minimum atomic E-state index is -0.135. The fourth-order valence-electron chi connectivity index (χ4n) is 2.91. The maximum Gasteiger partial charge on any atom is 0.262 e. The number of carbonyl (C=O) groups is 1. The summed E-state index contributed by atoms with van der Waals surface area (Å²) >= 11 is 0. The van der Waals surface area contributed by atoms with Gasteiger partial charge in [0.05, 0.1) is 0 Å². The largest absolute Gasteiger partial charge is 0.484 e. The van der Waals surface area contributed by atoms with E-state index in [9.17, 15) is 4.79 Å². The van der Waals surface area contributed by atoms with Crippen LogP contribution in [-0.4, -0.2) is 12.5 Å². The fourth-order valence-corrected chi connectivity index (χ4v) is 2.91. The van der Waals surface area contributed by atoms with Gasteiger partial charge in [-0.3, -0.25) is 4.79 Å². The van der Waals surface area contributed by atoms with E-state index in [1.165, 1.54) is 11.1 Å². The van der Waals surface area contributed by atoms with E-state index < -0.39 is 0 Å². The molecule has 0 saturated heterocycles. The van der Waals surface area contributed by atoms with E-state index in [0.29, 0.717) is 5.92 Å². The summed E-state index contributed by atoms with van der Waals surface area (Å²) in [5.41, 5.74) is 5.61. The van der Waals surface area contributed by atoms with Crippen LogP contribution in [0.3, 0.4) is 0 Å². The molecule has 0 bridgehead atoms. The van der Waals surface area contributed by atoms with Gasteiger partial charge in [-0.15, -0.1) is 0 Å². The molecular weight excluding hydrogens is 298 g/mol. The third kappa shape index (κ3) is 4.38. The van der Waals surface area contributed by atoms with Crippen molar-refractivity contribution in [3.63, 3.8) is 0 Å². The molecule has 0 aliphatic heterocycles. The van der Waals surface area contributed by atoms with E-state index in [0.717, 1.165) is 29.0 Å². The molecule has 0 radical (unpaired) electrons. The lowest BCUT2D eigenvalue weighted by molar-refractivity contribution is -0.118. The molecule has 0 saturated carbocycles. The standard InChI is InChI=1S/C21H27NO2/c1-6-17-9-7-8-15(4)21(17)22-20(23)13-24-18-10-11-19(14(2)3)16(5)12-18/h7-12,14H,6,13H2,1-5H3,(H,22,23). The quantitative estimate of drug-likeness (QED) is 0.811. The smallest absolute Gasteiger partial charge is 0.262 e. The van der Waals surface area contributed by atoms with Crippen LogP contribution in [0.25, 0.3) is 0 Å². The molecular formula is C21H27NO2. The Balaban J connectivity index is 2.00. The average Bonchev–Trinajstić information content (AvgIpc) is 2.54. The third-order valence-corrected chi connectivity index (χ3v) is 4.24. The lowest BCUT2D eigenvalue weighted by Crippen LogP contribution is -2.21. The van der Waals surface area contributed by atoms with Gasteiger partial charge in [0.2, 0.25) is 0 Å². The number of amides is 1. The molecule has 0 aromatic heterocycles. The van der Waals surface area contributed by atoms with Gasteiger partial charge >= 0.3 is 0 Å².